The monoisotopic (exact) mass is 257 g/mol. The van der Waals surface area contributed by atoms with E-state index in [1.165, 1.54) is 24.8 Å². The molecule has 1 saturated heterocycles. The lowest BCUT2D eigenvalue weighted by Gasteiger charge is -2.24. The fourth-order valence-corrected chi connectivity index (χ4v) is 4.19. The lowest BCUT2D eigenvalue weighted by atomic mass is 9.92. The molecule has 1 aliphatic heterocycles. The van der Waals surface area contributed by atoms with Crippen molar-refractivity contribution in [1.82, 2.24) is 4.90 Å². The van der Waals surface area contributed by atoms with Crippen molar-refractivity contribution in [3.8, 4) is 0 Å². The molecule has 0 amide bonds. The van der Waals surface area contributed by atoms with Crippen LogP contribution in [0.15, 0.2) is 30.3 Å². The Morgan fingerprint density at radius 2 is 1.95 bits per heavy atom. The Hall–Kier alpha value is -0.860. The summed E-state index contributed by atoms with van der Waals surface area (Å²) < 4.78 is 0. The molecule has 2 aliphatic carbocycles. The highest BCUT2D eigenvalue weighted by molar-refractivity contribution is 5.28. The van der Waals surface area contributed by atoms with Gasteiger partial charge in [0, 0.05) is 18.6 Å². The Balaban J connectivity index is 1.49. The lowest BCUT2D eigenvalue weighted by molar-refractivity contribution is 0.0242. The maximum absolute atomic E-state index is 11.0. The molecule has 2 nitrogen and oxygen atoms in total. The number of benzene rings is 1. The third-order valence-corrected chi connectivity index (χ3v) is 5.40. The highest BCUT2D eigenvalue weighted by atomic mass is 16.3. The molecule has 2 heteroatoms. The molecule has 19 heavy (non-hydrogen) atoms. The van der Waals surface area contributed by atoms with Crippen LogP contribution in [0.25, 0.3) is 0 Å². The Bertz CT molecular complexity index is 469. The maximum atomic E-state index is 11.0. The van der Waals surface area contributed by atoms with Crippen molar-refractivity contribution in [3.05, 3.63) is 35.9 Å². The van der Waals surface area contributed by atoms with Gasteiger partial charge < -0.3 is 5.11 Å². The van der Waals surface area contributed by atoms with E-state index in [4.69, 9.17) is 0 Å². The van der Waals surface area contributed by atoms with Gasteiger partial charge in [0.25, 0.3) is 0 Å². The van der Waals surface area contributed by atoms with Crippen molar-refractivity contribution in [2.45, 2.75) is 56.2 Å². The summed E-state index contributed by atoms with van der Waals surface area (Å²) in [5.74, 6) is 1.08. The van der Waals surface area contributed by atoms with Gasteiger partial charge in [-0.3, -0.25) is 4.90 Å². The zero-order valence-electron chi connectivity index (χ0n) is 11.6. The van der Waals surface area contributed by atoms with Crippen LogP contribution in [0, 0.1) is 5.92 Å². The van der Waals surface area contributed by atoms with E-state index < -0.39 is 5.60 Å². The first kappa shape index (κ1) is 11.9. The molecule has 4 rings (SSSR count). The van der Waals surface area contributed by atoms with E-state index >= 15 is 0 Å². The van der Waals surface area contributed by atoms with Gasteiger partial charge in [-0.1, -0.05) is 30.3 Å². The van der Waals surface area contributed by atoms with Crippen LogP contribution in [0.1, 0.15) is 44.1 Å². The van der Waals surface area contributed by atoms with Crippen LogP contribution in [-0.2, 0) is 0 Å². The maximum Gasteiger partial charge on any atom is 0.0823 e. The number of rotatable bonds is 3. The molecule has 0 aromatic heterocycles. The van der Waals surface area contributed by atoms with Crippen LogP contribution in [0.2, 0.25) is 0 Å². The normalized spacial score (nSPS) is 42.5. The summed E-state index contributed by atoms with van der Waals surface area (Å²) in [7, 11) is 0. The van der Waals surface area contributed by atoms with Crippen molar-refractivity contribution in [2.24, 2.45) is 5.92 Å². The topological polar surface area (TPSA) is 23.5 Å². The molecule has 1 heterocycles. The number of likely N-dealkylation sites (tertiary alicyclic amines) is 1. The lowest BCUT2D eigenvalue weighted by Crippen LogP contribution is -2.37. The third-order valence-electron chi connectivity index (χ3n) is 5.40. The van der Waals surface area contributed by atoms with Crippen molar-refractivity contribution in [2.75, 3.05) is 6.54 Å². The molecular formula is C17H23NO. The second kappa shape index (κ2) is 4.07. The molecule has 4 unspecified atom stereocenters. The summed E-state index contributed by atoms with van der Waals surface area (Å²) in [6.07, 6.45) is 4.82. The molecule has 1 aromatic carbocycles. The molecule has 1 aromatic rings. The summed E-state index contributed by atoms with van der Waals surface area (Å²) in [4.78, 5) is 2.56. The Morgan fingerprint density at radius 1 is 1.21 bits per heavy atom. The van der Waals surface area contributed by atoms with Gasteiger partial charge in [-0.25, -0.2) is 0 Å². The zero-order chi connectivity index (χ0) is 13.0. The average Bonchev–Trinajstić information content (AvgIpc) is 3.29. The first-order valence-corrected chi connectivity index (χ1v) is 7.70. The number of β-amino-alcohol motifs (C(OH)–C–C–N with tert-alkyl or cyclic N) is 1. The molecule has 0 spiro atoms. The summed E-state index contributed by atoms with van der Waals surface area (Å²) in [6.45, 7) is 3.20. The molecule has 3 aliphatic rings. The highest BCUT2D eigenvalue weighted by Crippen LogP contribution is 2.57. The Morgan fingerprint density at radius 3 is 2.63 bits per heavy atom. The number of hydrogen-bond acceptors (Lipinski definition) is 2. The largest absolute Gasteiger partial charge is 0.388 e. The minimum Gasteiger partial charge on any atom is -0.388 e. The molecule has 0 radical (unpaired) electrons. The molecule has 2 saturated carbocycles. The minimum absolute atomic E-state index is 0.428. The van der Waals surface area contributed by atoms with Gasteiger partial charge in [0.05, 0.1) is 5.60 Å². The molecule has 3 fully saturated rings. The SMILES string of the molecule is CC1CC(O)(C2CC2c2ccccc2)CN1C1CC1. The van der Waals surface area contributed by atoms with Gasteiger partial charge in [0.15, 0.2) is 0 Å². The predicted octanol–water partition coefficient (Wildman–Crippen LogP) is 2.78. The van der Waals surface area contributed by atoms with Gasteiger partial charge in [-0.15, -0.1) is 0 Å². The van der Waals surface area contributed by atoms with Crippen LogP contribution < -0.4 is 0 Å². The Kier molecular flexibility index (Phi) is 2.55. The third kappa shape index (κ3) is 2.02. The van der Waals surface area contributed by atoms with Crippen LogP contribution in [0.3, 0.4) is 0 Å². The molecule has 0 bridgehead atoms. The van der Waals surface area contributed by atoms with E-state index in [1.54, 1.807) is 0 Å². The van der Waals surface area contributed by atoms with Crippen molar-refractivity contribution in [3.63, 3.8) is 0 Å². The van der Waals surface area contributed by atoms with Gasteiger partial charge in [-0.05, 0) is 50.0 Å². The smallest absolute Gasteiger partial charge is 0.0823 e. The van der Waals surface area contributed by atoms with Gasteiger partial charge in [0.2, 0.25) is 0 Å². The standard InChI is InChI=1S/C17H23NO/c1-12-10-17(19,11-18(12)14-7-8-14)16-9-15(16)13-5-3-2-4-6-13/h2-6,12,14-16,19H,7-11H2,1H3. The number of nitrogens with zero attached hydrogens (tertiary/aromatic N) is 1. The van der Waals surface area contributed by atoms with Crippen LogP contribution in [0.5, 0.6) is 0 Å². The molecular weight excluding hydrogens is 234 g/mol. The fourth-order valence-electron chi connectivity index (χ4n) is 4.19. The first-order valence-electron chi connectivity index (χ1n) is 7.70. The van der Waals surface area contributed by atoms with E-state index in [1.807, 2.05) is 0 Å². The van der Waals surface area contributed by atoms with Gasteiger partial charge in [0.1, 0.15) is 0 Å². The molecule has 4 atom stereocenters. The zero-order valence-corrected chi connectivity index (χ0v) is 11.6. The Labute approximate surface area is 115 Å². The second-order valence-electron chi connectivity index (χ2n) is 6.92. The predicted molar refractivity (Wildman–Crippen MR) is 76.0 cm³/mol. The van der Waals surface area contributed by atoms with Gasteiger partial charge >= 0.3 is 0 Å². The van der Waals surface area contributed by atoms with E-state index in [-0.39, 0.29) is 0 Å². The van der Waals surface area contributed by atoms with Crippen LogP contribution in [-0.4, -0.2) is 34.2 Å². The van der Waals surface area contributed by atoms with E-state index in [0.717, 1.165) is 19.0 Å². The first-order chi connectivity index (χ1) is 9.17. The summed E-state index contributed by atoms with van der Waals surface area (Å²) in [5, 5.41) is 11.0. The van der Waals surface area contributed by atoms with Crippen molar-refractivity contribution < 1.29 is 5.11 Å². The summed E-state index contributed by atoms with van der Waals surface area (Å²) in [5.41, 5.74) is 0.987. The van der Waals surface area contributed by atoms with E-state index in [0.29, 0.717) is 17.9 Å². The summed E-state index contributed by atoms with van der Waals surface area (Å²) in [6, 6.07) is 12.1. The summed E-state index contributed by atoms with van der Waals surface area (Å²) >= 11 is 0. The number of hydrogen-bond donors (Lipinski definition) is 1. The minimum atomic E-state index is -0.428. The quantitative estimate of drug-likeness (QED) is 0.900. The molecule has 102 valence electrons. The van der Waals surface area contributed by atoms with Gasteiger partial charge in [-0.2, -0.15) is 0 Å². The average molecular weight is 257 g/mol. The van der Waals surface area contributed by atoms with Crippen molar-refractivity contribution >= 4 is 0 Å². The van der Waals surface area contributed by atoms with Crippen LogP contribution in [0.4, 0.5) is 0 Å². The number of aliphatic hydroxyl groups is 1. The molecule has 1 N–H and O–H groups in total. The van der Waals surface area contributed by atoms with E-state index in [9.17, 15) is 5.11 Å². The van der Waals surface area contributed by atoms with Crippen LogP contribution >= 0.6 is 0 Å². The highest BCUT2D eigenvalue weighted by Gasteiger charge is 2.57. The van der Waals surface area contributed by atoms with E-state index in [2.05, 4.69) is 42.2 Å². The fraction of sp³-hybridized carbons (Fsp3) is 0.647. The van der Waals surface area contributed by atoms with Crippen molar-refractivity contribution in [1.29, 1.82) is 0 Å². The second-order valence-corrected chi connectivity index (χ2v) is 6.92.